The Morgan fingerprint density at radius 2 is 2.00 bits per heavy atom. The average Bonchev–Trinajstić information content (AvgIpc) is 3.16. The van der Waals surface area contributed by atoms with Gasteiger partial charge < -0.3 is 15.0 Å². The molecule has 0 spiro atoms. The summed E-state index contributed by atoms with van der Waals surface area (Å²) in [5, 5.41) is 4.12. The average molecular weight is 287 g/mol. The Morgan fingerprint density at radius 1 is 1.29 bits per heavy atom. The van der Waals surface area contributed by atoms with Gasteiger partial charge in [-0.25, -0.2) is 0 Å². The van der Waals surface area contributed by atoms with E-state index in [-0.39, 0.29) is 11.5 Å². The molecule has 1 aliphatic carbocycles. The second-order valence-electron chi connectivity index (χ2n) is 5.51. The lowest BCUT2D eigenvalue weighted by Gasteiger charge is -2.11. The molecule has 1 heterocycles. The minimum Gasteiger partial charge on any atom is -0.399 e. The highest BCUT2D eigenvalue weighted by Gasteiger charge is 2.51. The second-order valence-corrected chi connectivity index (χ2v) is 5.51. The van der Waals surface area contributed by atoms with E-state index in [4.69, 9.17) is 15.0 Å². The van der Waals surface area contributed by atoms with Crippen molar-refractivity contribution in [1.82, 2.24) is 10.1 Å². The van der Waals surface area contributed by atoms with Gasteiger partial charge in [-0.1, -0.05) is 24.2 Å². The summed E-state index contributed by atoms with van der Waals surface area (Å²) in [7, 11) is 0. The summed E-state index contributed by atoms with van der Waals surface area (Å²) in [6.45, 7) is 4.68. The van der Waals surface area contributed by atoms with E-state index in [2.05, 4.69) is 17.1 Å². The molecule has 1 aromatic heterocycles. The molecule has 1 fully saturated rings. The monoisotopic (exact) mass is 287 g/mol. The Labute approximate surface area is 124 Å². The summed E-state index contributed by atoms with van der Waals surface area (Å²) in [5.74, 6) is 1.34. The first-order chi connectivity index (χ1) is 10.2. The maximum absolute atomic E-state index is 5.76. The Balaban J connectivity index is 1.87. The number of benzene rings is 1. The Morgan fingerprint density at radius 3 is 2.57 bits per heavy atom. The van der Waals surface area contributed by atoms with Crippen LogP contribution in [0.15, 0.2) is 28.8 Å². The van der Waals surface area contributed by atoms with Gasteiger partial charge in [-0.15, -0.1) is 0 Å². The highest BCUT2D eigenvalue weighted by Crippen LogP contribution is 2.53. The molecule has 1 aliphatic rings. The second kappa shape index (κ2) is 5.48. The smallest absolute Gasteiger partial charge is 0.237 e. The zero-order chi connectivity index (χ0) is 14.9. The molecule has 1 atom stereocenters. The van der Waals surface area contributed by atoms with Crippen molar-refractivity contribution in [3.63, 3.8) is 0 Å². The normalized spacial score (nSPS) is 17.6. The van der Waals surface area contributed by atoms with Crippen molar-refractivity contribution in [3.8, 4) is 0 Å². The van der Waals surface area contributed by atoms with Gasteiger partial charge >= 0.3 is 0 Å². The molecule has 3 rings (SSSR count). The maximum Gasteiger partial charge on any atom is 0.237 e. The Kier molecular flexibility index (Phi) is 3.68. The Bertz CT molecular complexity index is 602. The van der Waals surface area contributed by atoms with Crippen LogP contribution in [0.5, 0.6) is 0 Å². The van der Waals surface area contributed by atoms with Crippen molar-refractivity contribution < 1.29 is 9.26 Å². The fraction of sp³-hybridized carbons (Fsp3) is 0.500. The van der Waals surface area contributed by atoms with E-state index in [1.807, 2.05) is 31.2 Å². The van der Waals surface area contributed by atoms with Crippen molar-refractivity contribution in [3.05, 3.63) is 41.5 Å². The first-order valence-electron chi connectivity index (χ1n) is 7.51. The zero-order valence-electron chi connectivity index (χ0n) is 12.5. The van der Waals surface area contributed by atoms with Crippen LogP contribution >= 0.6 is 0 Å². The first-order valence-corrected chi connectivity index (χ1v) is 7.51. The lowest BCUT2D eigenvalue weighted by molar-refractivity contribution is 0.0518. The number of nitrogen functional groups attached to an aromatic ring is 1. The number of nitrogens with zero attached hydrogens (tertiary/aromatic N) is 2. The molecule has 0 saturated heterocycles. The van der Waals surface area contributed by atoms with Crippen molar-refractivity contribution in [1.29, 1.82) is 0 Å². The molecule has 0 bridgehead atoms. The van der Waals surface area contributed by atoms with E-state index in [9.17, 15) is 0 Å². The van der Waals surface area contributed by atoms with Crippen molar-refractivity contribution >= 4 is 5.69 Å². The maximum atomic E-state index is 5.76. The summed E-state index contributed by atoms with van der Waals surface area (Å²) in [5.41, 5.74) is 7.59. The first kappa shape index (κ1) is 14.1. The number of ether oxygens (including phenoxy) is 1. The van der Waals surface area contributed by atoms with Gasteiger partial charge in [0.15, 0.2) is 0 Å². The molecule has 2 aromatic rings. The molecule has 21 heavy (non-hydrogen) atoms. The molecule has 5 heteroatoms. The van der Waals surface area contributed by atoms with E-state index in [0.29, 0.717) is 18.3 Å². The van der Waals surface area contributed by atoms with Crippen LogP contribution in [-0.4, -0.2) is 16.7 Å². The number of rotatable bonds is 6. The zero-order valence-corrected chi connectivity index (χ0v) is 12.5. The third-order valence-electron chi connectivity index (χ3n) is 4.09. The van der Waals surface area contributed by atoms with Gasteiger partial charge in [0.2, 0.25) is 11.7 Å². The molecular weight excluding hydrogens is 266 g/mol. The van der Waals surface area contributed by atoms with Gasteiger partial charge in [-0.3, -0.25) is 0 Å². The molecule has 0 aliphatic heterocycles. The third kappa shape index (κ3) is 2.53. The van der Waals surface area contributed by atoms with Gasteiger partial charge in [-0.2, -0.15) is 4.98 Å². The van der Waals surface area contributed by atoms with Gasteiger partial charge in [0.05, 0.1) is 5.41 Å². The van der Waals surface area contributed by atoms with Crippen molar-refractivity contribution in [2.75, 3.05) is 12.3 Å². The number of hydrogen-bond acceptors (Lipinski definition) is 5. The molecule has 0 radical (unpaired) electrons. The number of anilines is 1. The fourth-order valence-electron chi connectivity index (χ4n) is 2.69. The predicted octanol–water partition coefficient (Wildman–Crippen LogP) is 3.22. The standard InChI is InChI=1S/C16H21N3O2/c1-3-13(20-4-2)14-18-15(21-19-14)16(9-10-16)11-5-7-12(17)8-6-11/h5-8,13H,3-4,9-10,17H2,1-2H3. The van der Waals surface area contributed by atoms with Crippen LogP contribution in [0, 0.1) is 0 Å². The molecule has 5 nitrogen and oxygen atoms in total. The SMILES string of the molecule is CCOC(CC)c1noc(C2(c3ccc(N)cc3)CC2)n1. The van der Waals surface area contributed by atoms with Crippen LogP contribution in [0.1, 0.15) is 56.5 Å². The number of hydrogen-bond donors (Lipinski definition) is 1. The molecular formula is C16H21N3O2. The molecule has 1 saturated carbocycles. The molecule has 0 amide bonds. The Hall–Kier alpha value is -1.88. The molecule has 1 unspecified atom stereocenters. The topological polar surface area (TPSA) is 74.2 Å². The molecule has 2 N–H and O–H groups in total. The summed E-state index contributed by atoms with van der Waals surface area (Å²) < 4.78 is 11.2. The molecule has 1 aromatic carbocycles. The minimum absolute atomic E-state index is 0.0882. The number of aromatic nitrogens is 2. The van der Waals surface area contributed by atoms with Gasteiger partial charge in [-0.05, 0) is 43.9 Å². The lowest BCUT2D eigenvalue weighted by Crippen LogP contribution is -2.10. The summed E-state index contributed by atoms with van der Waals surface area (Å²) in [6.07, 6.45) is 2.81. The van der Waals surface area contributed by atoms with Crippen molar-refractivity contribution in [2.24, 2.45) is 0 Å². The highest BCUT2D eigenvalue weighted by atomic mass is 16.5. The largest absolute Gasteiger partial charge is 0.399 e. The predicted molar refractivity (Wildman–Crippen MR) is 79.8 cm³/mol. The quantitative estimate of drug-likeness (QED) is 0.826. The van der Waals surface area contributed by atoms with Crippen LogP contribution in [0.2, 0.25) is 0 Å². The summed E-state index contributed by atoms with van der Waals surface area (Å²) in [4.78, 5) is 4.60. The van der Waals surface area contributed by atoms with E-state index in [1.54, 1.807) is 0 Å². The van der Waals surface area contributed by atoms with Crippen LogP contribution in [0.3, 0.4) is 0 Å². The molecule has 112 valence electrons. The van der Waals surface area contributed by atoms with Crippen LogP contribution < -0.4 is 5.73 Å². The van der Waals surface area contributed by atoms with Crippen LogP contribution in [0.4, 0.5) is 5.69 Å². The van der Waals surface area contributed by atoms with Crippen molar-refractivity contribution in [2.45, 2.75) is 44.6 Å². The summed E-state index contributed by atoms with van der Waals surface area (Å²) in [6, 6.07) is 7.93. The number of nitrogens with two attached hydrogens (primary N) is 1. The minimum atomic E-state index is -0.122. The van der Waals surface area contributed by atoms with Gasteiger partial charge in [0.25, 0.3) is 0 Å². The van der Waals surface area contributed by atoms with Crippen LogP contribution in [-0.2, 0) is 10.2 Å². The van der Waals surface area contributed by atoms with E-state index >= 15 is 0 Å². The van der Waals surface area contributed by atoms with Crippen LogP contribution in [0.25, 0.3) is 0 Å². The van der Waals surface area contributed by atoms with E-state index < -0.39 is 0 Å². The highest BCUT2D eigenvalue weighted by molar-refractivity contribution is 5.46. The summed E-state index contributed by atoms with van der Waals surface area (Å²) >= 11 is 0. The fourth-order valence-corrected chi connectivity index (χ4v) is 2.69. The van der Waals surface area contributed by atoms with E-state index in [1.165, 1.54) is 5.56 Å². The lowest BCUT2D eigenvalue weighted by atomic mass is 9.95. The van der Waals surface area contributed by atoms with Gasteiger partial charge in [0.1, 0.15) is 6.10 Å². The van der Waals surface area contributed by atoms with Gasteiger partial charge in [0, 0.05) is 12.3 Å². The third-order valence-corrected chi connectivity index (χ3v) is 4.09. The van der Waals surface area contributed by atoms with E-state index in [0.717, 1.165) is 24.9 Å².